The Bertz CT molecular complexity index is 216. The van der Waals surface area contributed by atoms with E-state index in [-0.39, 0.29) is 0 Å². The fourth-order valence-electron chi connectivity index (χ4n) is 0.838. The minimum atomic E-state index is 0.633. The summed E-state index contributed by atoms with van der Waals surface area (Å²) in [6.07, 6.45) is 3.81. The molecule has 0 fully saturated rings. The first kappa shape index (κ1) is 8.07. The molecule has 4 nitrogen and oxygen atoms in total. The quantitative estimate of drug-likeness (QED) is 0.661. The molecule has 2 N–H and O–H groups in total. The summed E-state index contributed by atoms with van der Waals surface area (Å²) in [4.78, 5) is 2.01. The van der Waals surface area contributed by atoms with E-state index in [1.165, 1.54) is 0 Å². The summed E-state index contributed by atoms with van der Waals surface area (Å²) in [6.45, 7) is 1.42. The lowest BCUT2D eigenvalue weighted by atomic mass is 10.5. The smallest absolute Gasteiger partial charge is 0.0747 e. The number of nitrogens with two attached hydrogens (primary N) is 1. The van der Waals surface area contributed by atoms with Gasteiger partial charge in [0.15, 0.2) is 0 Å². The molecule has 62 valence electrons. The Kier molecular flexibility index (Phi) is 2.48. The van der Waals surface area contributed by atoms with E-state index in [1.54, 1.807) is 0 Å². The zero-order valence-electron chi connectivity index (χ0n) is 6.99. The molecule has 0 bridgehead atoms. The molecule has 1 heterocycles. The molecule has 0 aliphatic heterocycles. The molecule has 1 rings (SSSR count). The minimum absolute atomic E-state index is 0.633. The first-order valence-electron chi connectivity index (χ1n) is 3.64. The summed E-state index contributed by atoms with van der Waals surface area (Å²) in [5.41, 5.74) is 6.48. The molecule has 0 aliphatic rings. The third kappa shape index (κ3) is 1.94. The van der Waals surface area contributed by atoms with E-state index in [0.717, 1.165) is 12.2 Å². The van der Waals surface area contributed by atoms with Crippen molar-refractivity contribution in [2.24, 2.45) is 5.73 Å². The highest BCUT2D eigenvalue weighted by Crippen LogP contribution is 2.07. The summed E-state index contributed by atoms with van der Waals surface area (Å²) in [5, 5.41) is 4.12. The van der Waals surface area contributed by atoms with Gasteiger partial charge in [-0.2, -0.15) is 5.10 Å². The van der Waals surface area contributed by atoms with Crippen molar-refractivity contribution in [3.63, 3.8) is 0 Å². The minimum Gasteiger partial charge on any atom is -0.375 e. The van der Waals surface area contributed by atoms with Crippen LogP contribution in [0.4, 0.5) is 5.69 Å². The van der Waals surface area contributed by atoms with Crippen LogP contribution in [0, 0.1) is 0 Å². The lowest BCUT2D eigenvalue weighted by Crippen LogP contribution is -2.10. The normalized spacial score (nSPS) is 10.1. The maximum absolute atomic E-state index is 5.37. The Morgan fingerprint density at radius 3 is 2.82 bits per heavy atom. The second-order valence-corrected chi connectivity index (χ2v) is 2.64. The van der Waals surface area contributed by atoms with Gasteiger partial charge >= 0.3 is 0 Å². The average Bonchev–Trinajstić information content (AvgIpc) is 2.37. The van der Waals surface area contributed by atoms with E-state index < -0.39 is 0 Å². The summed E-state index contributed by atoms with van der Waals surface area (Å²) in [7, 11) is 3.98. The topological polar surface area (TPSA) is 47.1 Å². The highest BCUT2D eigenvalue weighted by atomic mass is 15.3. The van der Waals surface area contributed by atoms with Crippen LogP contribution in [-0.4, -0.2) is 30.4 Å². The Balaban J connectivity index is 2.66. The highest BCUT2D eigenvalue weighted by Gasteiger charge is 1.97. The fourth-order valence-corrected chi connectivity index (χ4v) is 0.838. The van der Waals surface area contributed by atoms with Crippen molar-refractivity contribution in [3.05, 3.63) is 12.4 Å². The lowest BCUT2D eigenvalue weighted by molar-refractivity contribution is 0.625. The number of aromatic nitrogens is 2. The van der Waals surface area contributed by atoms with Crippen LogP contribution in [0.5, 0.6) is 0 Å². The van der Waals surface area contributed by atoms with Crippen molar-refractivity contribution in [2.45, 2.75) is 6.54 Å². The van der Waals surface area contributed by atoms with E-state index in [9.17, 15) is 0 Å². The molecule has 0 aliphatic carbocycles. The molecule has 0 unspecified atom stereocenters. The maximum atomic E-state index is 5.37. The van der Waals surface area contributed by atoms with Gasteiger partial charge in [-0.15, -0.1) is 0 Å². The fraction of sp³-hybridized carbons (Fsp3) is 0.571. The van der Waals surface area contributed by atoms with E-state index in [2.05, 4.69) is 5.10 Å². The Morgan fingerprint density at radius 1 is 1.64 bits per heavy atom. The van der Waals surface area contributed by atoms with Crippen LogP contribution in [0.1, 0.15) is 0 Å². The molecule has 0 saturated carbocycles. The van der Waals surface area contributed by atoms with E-state index in [0.29, 0.717) is 6.54 Å². The third-order valence-corrected chi connectivity index (χ3v) is 1.49. The lowest BCUT2D eigenvalue weighted by Gasteiger charge is -2.06. The second kappa shape index (κ2) is 3.39. The van der Waals surface area contributed by atoms with Crippen LogP contribution in [-0.2, 0) is 6.54 Å². The first-order chi connectivity index (χ1) is 5.24. The van der Waals surface area contributed by atoms with Crippen LogP contribution < -0.4 is 10.6 Å². The highest BCUT2D eigenvalue weighted by molar-refractivity contribution is 5.39. The number of anilines is 1. The maximum Gasteiger partial charge on any atom is 0.0747 e. The standard InChI is InChI=1S/C7H14N4/c1-10(2)7-5-9-11(6-7)4-3-8/h5-6H,3-4,8H2,1-2H3. The van der Waals surface area contributed by atoms with Crippen molar-refractivity contribution in [1.29, 1.82) is 0 Å². The van der Waals surface area contributed by atoms with Gasteiger partial charge in [0, 0.05) is 26.8 Å². The van der Waals surface area contributed by atoms with Crippen LogP contribution in [0.2, 0.25) is 0 Å². The van der Waals surface area contributed by atoms with Crippen molar-refractivity contribution in [1.82, 2.24) is 9.78 Å². The van der Waals surface area contributed by atoms with Gasteiger partial charge in [-0.05, 0) is 0 Å². The molecule has 0 aromatic carbocycles. The van der Waals surface area contributed by atoms with Gasteiger partial charge in [0.1, 0.15) is 0 Å². The molecular weight excluding hydrogens is 140 g/mol. The van der Waals surface area contributed by atoms with Crippen molar-refractivity contribution in [2.75, 3.05) is 25.5 Å². The average molecular weight is 154 g/mol. The molecule has 0 saturated heterocycles. The second-order valence-electron chi connectivity index (χ2n) is 2.64. The van der Waals surface area contributed by atoms with Gasteiger partial charge in [0.05, 0.1) is 18.4 Å². The molecule has 0 amide bonds. The van der Waals surface area contributed by atoms with Gasteiger partial charge in [-0.1, -0.05) is 0 Å². The first-order valence-corrected chi connectivity index (χ1v) is 3.64. The molecule has 0 spiro atoms. The van der Waals surface area contributed by atoms with Gasteiger partial charge < -0.3 is 10.6 Å². The SMILES string of the molecule is CN(C)c1cnn(CCN)c1. The zero-order valence-corrected chi connectivity index (χ0v) is 6.99. The number of nitrogens with zero attached hydrogens (tertiary/aromatic N) is 3. The Morgan fingerprint density at radius 2 is 2.36 bits per heavy atom. The van der Waals surface area contributed by atoms with Crippen molar-refractivity contribution >= 4 is 5.69 Å². The monoisotopic (exact) mass is 154 g/mol. The zero-order chi connectivity index (χ0) is 8.27. The Labute approximate surface area is 66.6 Å². The van der Waals surface area contributed by atoms with Crippen molar-refractivity contribution < 1.29 is 0 Å². The summed E-state index contributed by atoms with van der Waals surface area (Å²) in [5.74, 6) is 0. The van der Waals surface area contributed by atoms with Crippen LogP contribution in [0.25, 0.3) is 0 Å². The largest absolute Gasteiger partial charge is 0.375 e. The van der Waals surface area contributed by atoms with E-state index >= 15 is 0 Å². The molecule has 4 heteroatoms. The molecule has 1 aromatic heterocycles. The predicted molar refractivity (Wildman–Crippen MR) is 45.6 cm³/mol. The van der Waals surface area contributed by atoms with E-state index in [4.69, 9.17) is 5.73 Å². The summed E-state index contributed by atoms with van der Waals surface area (Å²) in [6, 6.07) is 0. The van der Waals surface area contributed by atoms with Crippen LogP contribution >= 0.6 is 0 Å². The molecule has 0 radical (unpaired) electrons. The molecule has 11 heavy (non-hydrogen) atoms. The Hall–Kier alpha value is -1.03. The molecule has 1 aromatic rings. The third-order valence-electron chi connectivity index (χ3n) is 1.49. The van der Waals surface area contributed by atoms with Gasteiger partial charge in [0.2, 0.25) is 0 Å². The predicted octanol–water partition coefficient (Wildman–Crippen LogP) is -0.0922. The summed E-state index contributed by atoms with van der Waals surface area (Å²) < 4.78 is 1.84. The number of hydrogen-bond donors (Lipinski definition) is 1. The summed E-state index contributed by atoms with van der Waals surface area (Å²) >= 11 is 0. The van der Waals surface area contributed by atoms with Gasteiger partial charge in [-0.3, -0.25) is 4.68 Å². The van der Waals surface area contributed by atoms with Gasteiger partial charge in [0.25, 0.3) is 0 Å². The van der Waals surface area contributed by atoms with Crippen LogP contribution in [0.3, 0.4) is 0 Å². The van der Waals surface area contributed by atoms with Gasteiger partial charge in [-0.25, -0.2) is 0 Å². The van der Waals surface area contributed by atoms with Crippen LogP contribution in [0.15, 0.2) is 12.4 Å². The van der Waals surface area contributed by atoms with E-state index in [1.807, 2.05) is 36.1 Å². The molecule has 0 atom stereocenters. The number of rotatable bonds is 3. The molecular formula is C7H14N4. The van der Waals surface area contributed by atoms with Crippen molar-refractivity contribution in [3.8, 4) is 0 Å². The number of hydrogen-bond acceptors (Lipinski definition) is 3.